The third-order valence-electron chi connectivity index (χ3n) is 4.66. The van der Waals surface area contributed by atoms with Crippen molar-refractivity contribution in [1.82, 2.24) is 6.15 Å². The molecule has 17 heavy (non-hydrogen) atoms. The number of quaternary nitrogens is 1. The molecular formula is C10H18BrNO4S. The van der Waals surface area contributed by atoms with Gasteiger partial charge in [0.25, 0.3) is 0 Å². The summed E-state index contributed by atoms with van der Waals surface area (Å²) < 4.78 is 33.0. The molecule has 2 aliphatic rings. The molecule has 2 aliphatic carbocycles. The number of hydrogen-bond donors (Lipinski definition) is 1. The molecule has 2 fully saturated rings. The average Bonchev–Trinajstić information content (AvgIpc) is 2.40. The number of carbonyl (C=O) groups is 1. The van der Waals surface area contributed by atoms with Gasteiger partial charge in [-0.25, -0.2) is 8.42 Å². The van der Waals surface area contributed by atoms with Crippen LogP contribution in [-0.4, -0.2) is 29.3 Å². The van der Waals surface area contributed by atoms with Gasteiger partial charge in [0, 0.05) is 11.2 Å². The Hall–Kier alpha value is 0.0200. The van der Waals surface area contributed by atoms with Crippen molar-refractivity contribution in [3.8, 4) is 0 Å². The van der Waals surface area contributed by atoms with Crippen LogP contribution in [0.15, 0.2) is 0 Å². The molecule has 4 atom stereocenters. The molecule has 2 saturated carbocycles. The Morgan fingerprint density at radius 2 is 2.00 bits per heavy atom. The summed E-state index contributed by atoms with van der Waals surface area (Å²) in [5.74, 6) is -0.418. The van der Waals surface area contributed by atoms with Gasteiger partial charge in [0.15, 0.2) is 5.78 Å². The fraction of sp³-hybridized carbons (Fsp3) is 0.900. The van der Waals surface area contributed by atoms with Gasteiger partial charge in [-0.3, -0.25) is 4.79 Å². The molecule has 0 aliphatic heterocycles. The first-order valence-corrected chi connectivity index (χ1v) is 7.73. The first-order chi connectivity index (χ1) is 7.12. The summed E-state index contributed by atoms with van der Waals surface area (Å²) in [6, 6.07) is 0. The maximum atomic E-state index is 12.0. The smallest absolute Gasteiger partial charge is 0.153 e. The van der Waals surface area contributed by atoms with Gasteiger partial charge in [0.1, 0.15) is 0 Å². The van der Waals surface area contributed by atoms with E-state index < -0.39 is 26.7 Å². The molecule has 2 unspecified atom stereocenters. The number of fused-ring (bicyclic) bond motifs is 2. The number of hydrogen-bond acceptors (Lipinski definition) is 4. The van der Waals surface area contributed by atoms with Gasteiger partial charge >= 0.3 is 0 Å². The number of alkyl halides is 1. The topological polar surface area (TPSA) is 111 Å². The molecule has 100 valence electrons. The predicted octanol–water partition coefficient (Wildman–Crippen LogP) is 1.68. The van der Waals surface area contributed by atoms with Crippen molar-refractivity contribution in [3.05, 3.63) is 0 Å². The van der Waals surface area contributed by atoms with Gasteiger partial charge in [-0.2, -0.15) is 0 Å². The van der Waals surface area contributed by atoms with E-state index in [1.807, 2.05) is 0 Å². The number of ketones is 1. The van der Waals surface area contributed by atoms with Crippen LogP contribution in [-0.2, 0) is 14.9 Å². The van der Waals surface area contributed by atoms with Crippen LogP contribution in [0.3, 0.4) is 0 Å². The van der Waals surface area contributed by atoms with Crippen LogP contribution in [0.2, 0.25) is 0 Å². The third kappa shape index (κ3) is 1.87. The quantitative estimate of drug-likeness (QED) is 0.614. The fourth-order valence-electron chi connectivity index (χ4n) is 3.45. The monoisotopic (exact) mass is 327 g/mol. The lowest BCUT2D eigenvalue weighted by Gasteiger charge is -2.37. The van der Waals surface area contributed by atoms with Crippen molar-refractivity contribution in [1.29, 1.82) is 0 Å². The van der Waals surface area contributed by atoms with Crippen molar-refractivity contribution in [3.63, 3.8) is 0 Å². The van der Waals surface area contributed by atoms with Crippen LogP contribution in [0.25, 0.3) is 0 Å². The Labute approximate surface area is 110 Å². The summed E-state index contributed by atoms with van der Waals surface area (Å²) in [6.07, 6.45) is 1.49. The molecular weight excluding hydrogens is 310 g/mol. The molecule has 0 aromatic heterocycles. The van der Waals surface area contributed by atoms with E-state index in [2.05, 4.69) is 15.9 Å². The van der Waals surface area contributed by atoms with Crippen molar-refractivity contribution in [2.75, 3.05) is 5.75 Å². The van der Waals surface area contributed by atoms with Gasteiger partial charge in [-0.1, -0.05) is 29.8 Å². The second-order valence-electron chi connectivity index (χ2n) is 5.36. The Bertz CT molecular complexity index is 451. The molecule has 4 N–H and O–H groups in total. The summed E-state index contributed by atoms with van der Waals surface area (Å²) in [4.78, 5) is 11.8. The first kappa shape index (κ1) is 15.1. The van der Waals surface area contributed by atoms with Crippen LogP contribution in [0.4, 0.5) is 0 Å². The molecule has 2 bridgehead atoms. The maximum absolute atomic E-state index is 12.0. The molecule has 2 rings (SSSR count). The molecule has 5 nitrogen and oxygen atoms in total. The largest absolute Gasteiger partial charge is 0.748 e. The van der Waals surface area contributed by atoms with Crippen LogP contribution in [0.5, 0.6) is 0 Å². The second kappa shape index (κ2) is 4.01. The summed E-state index contributed by atoms with van der Waals surface area (Å²) in [6.45, 7) is 3.56. The van der Waals surface area contributed by atoms with Gasteiger partial charge < -0.3 is 10.7 Å². The molecule has 0 spiro atoms. The van der Waals surface area contributed by atoms with Gasteiger partial charge in [-0.05, 0) is 24.2 Å². The zero-order valence-electron chi connectivity index (χ0n) is 10.2. The Morgan fingerprint density at radius 1 is 1.47 bits per heavy atom. The summed E-state index contributed by atoms with van der Waals surface area (Å²) >= 11 is 3.33. The summed E-state index contributed by atoms with van der Waals surface area (Å²) in [7, 11) is -4.30. The minimum absolute atomic E-state index is 0. The van der Waals surface area contributed by atoms with E-state index in [4.69, 9.17) is 0 Å². The number of carbonyl (C=O) groups excluding carboxylic acids is 1. The molecule has 0 aromatic rings. The van der Waals surface area contributed by atoms with Crippen LogP contribution < -0.4 is 6.15 Å². The van der Waals surface area contributed by atoms with E-state index in [0.29, 0.717) is 6.42 Å². The highest BCUT2D eigenvalue weighted by atomic mass is 79.9. The first-order valence-electron chi connectivity index (χ1n) is 5.24. The normalized spacial score (nSPS) is 44.8. The van der Waals surface area contributed by atoms with Crippen LogP contribution in [0.1, 0.15) is 26.7 Å². The Morgan fingerprint density at radius 3 is 2.35 bits per heavy atom. The van der Waals surface area contributed by atoms with Crippen molar-refractivity contribution >= 4 is 31.8 Å². The lowest BCUT2D eigenvalue weighted by Crippen LogP contribution is -2.40. The second-order valence-corrected chi connectivity index (χ2v) is 7.75. The molecule has 7 heteroatoms. The number of halogens is 1. The van der Waals surface area contributed by atoms with E-state index >= 15 is 0 Å². The zero-order valence-corrected chi connectivity index (χ0v) is 12.6. The average molecular weight is 328 g/mol. The number of rotatable bonds is 2. The highest BCUT2D eigenvalue weighted by molar-refractivity contribution is 9.10. The van der Waals surface area contributed by atoms with Crippen molar-refractivity contribution in [2.24, 2.45) is 16.7 Å². The van der Waals surface area contributed by atoms with Gasteiger partial charge in [0.05, 0.1) is 14.9 Å². The standard InChI is InChI=1S/C10H15BrO4S.H3N/c1-9-4-3-6(7(11)8(9)12)10(9,2)5-16(13,14)15;/h6-7H,3-5H2,1-2H3,(H,13,14,15);1H3/t6?,7-,9-,10?;/m0./s1. The van der Waals surface area contributed by atoms with E-state index in [-0.39, 0.29) is 22.7 Å². The summed E-state index contributed by atoms with van der Waals surface area (Å²) in [5, 5.41) is 0. The minimum atomic E-state index is -4.30. The zero-order chi connectivity index (χ0) is 12.4. The van der Waals surface area contributed by atoms with Gasteiger partial charge in [-0.15, -0.1) is 0 Å². The molecule has 0 aromatic carbocycles. The third-order valence-corrected chi connectivity index (χ3v) is 6.67. The lowest BCUT2D eigenvalue weighted by atomic mass is 9.70. The molecule has 0 amide bonds. The molecule has 0 heterocycles. The Kier molecular flexibility index (Phi) is 3.56. The van der Waals surface area contributed by atoms with E-state index in [9.17, 15) is 17.8 Å². The van der Waals surface area contributed by atoms with E-state index in [1.165, 1.54) is 0 Å². The van der Waals surface area contributed by atoms with Crippen molar-refractivity contribution in [2.45, 2.75) is 31.5 Å². The SMILES string of the molecule is CC1(CS(=O)(=O)[O-])C2CC[C@@]1(C)C(=O)[C@H]2Br.[NH4+]. The van der Waals surface area contributed by atoms with E-state index in [1.54, 1.807) is 13.8 Å². The predicted molar refractivity (Wildman–Crippen MR) is 67.2 cm³/mol. The van der Waals surface area contributed by atoms with Crippen LogP contribution >= 0.6 is 15.9 Å². The summed E-state index contributed by atoms with van der Waals surface area (Å²) in [5.41, 5.74) is -1.37. The number of Topliss-reactive ketones (excluding diaryl/α,β-unsaturated/α-hetero) is 1. The van der Waals surface area contributed by atoms with E-state index in [0.717, 1.165) is 6.42 Å². The molecule has 0 saturated heterocycles. The minimum Gasteiger partial charge on any atom is -0.748 e. The maximum Gasteiger partial charge on any atom is 0.153 e. The van der Waals surface area contributed by atoms with Crippen LogP contribution in [0, 0.1) is 16.7 Å². The lowest BCUT2D eigenvalue weighted by molar-refractivity contribution is -0.127. The Balaban J connectivity index is 0.00000144. The molecule has 0 radical (unpaired) electrons. The van der Waals surface area contributed by atoms with Crippen molar-refractivity contribution < 1.29 is 17.8 Å². The highest BCUT2D eigenvalue weighted by Crippen LogP contribution is 2.65. The highest BCUT2D eigenvalue weighted by Gasteiger charge is 2.68. The fourth-order valence-corrected chi connectivity index (χ4v) is 6.07. The van der Waals surface area contributed by atoms with Gasteiger partial charge in [0.2, 0.25) is 0 Å².